The van der Waals surface area contributed by atoms with Crippen molar-refractivity contribution in [2.75, 3.05) is 6.54 Å². The molecule has 2 rings (SSSR count). The monoisotopic (exact) mass is 219 g/mol. The normalized spacial score (nSPS) is 24.3. The molecule has 1 N–H and O–H groups in total. The van der Waals surface area contributed by atoms with Crippen molar-refractivity contribution in [1.29, 1.82) is 0 Å². The van der Waals surface area contributed by atoms with Crippen molar-refractivity contribution in [1.82, 2.24) is 5.32 Å². The predicted molar refractivity (Wildman–Crippen MR) is 61.9 cm³/mol. The van der Waals surface area contributed by atoms with Gasteiger partial charge in [0.2, 0.25) is 0 Å². The Labute approximate surface area is 95.8 Å². The van der Waals surface area contributed by atoms with E-state index in [4.69, 9.17) is 4.74 Å². The van der Waals surface area contributed by atoms with Crippen molar-refractivity contribution in [3.05, 3.63) is 35.9 Å². The topological polar surface area (TPSA) is 38.3 Å². The van der Waals surface area contributed by atoms with E-state index in [0.717, 1.165) is 24.9 Å². The van der Waals surface area contributed by atoms with Crippen molar-refractivity contribution in [2.24, 2.45) is 0 Å². The highest BCUT2D eigenvalue weighted by atomic mass is 16.5. The lowest BCUT2D eigenvalue weighted by Gasteiger charge is -2.21. The van der Waals surface area contributed by atoms with Gasteiger partial charge in [0.25, 0.3) is 0 Å². The molecule has 0 aromatic heterocycles. The molecule has 3 nitrogen and oxygen atoms in total. The number of hydrogen-bond acceptors (Lipinski definition) is 3. The fourth-order valence-corrected chi connectivity index (χ4v) is 1.95. The molecule has 0 amide bonds. The molecular weight excluding hydrogens is 202 g/mol. The van der Waals surface area contributed by atoms with E-state index >= 15 is 0 Å². The van der Waals surface area contributed by atoms with Crippen molar-refractivity contribution >= 4 is 5.97 Å². The van der Waals surface area contributed by atoms with Gasteiger partial charge >= 0.3 is 5.97 Å². The molecule has 1 heterocycles. The molecule has 1 aromatic rings. The van der Waals surface area contributed by atoms with Crippen LogP contribution in [0.1, 0.15) is 25.3 Å². The maximum atomic E-state index is 11.9. The first-order valence-electron chi connectivity index (χ1n) is 5.67. The second-order valence-electron chi connectivity index (χ2n) is 4.42. The molecule has 1 aromatic carbocycles. The van der Waals surface area contributed by atoms with Gasteiger partial charge in [0.1, 0.15) is 12.1 Å². The zero-order valence-corrected chi connectivity index (χ0v) is 9.53. The van der Waals surface area contributed by atoms with Gasteiger partial charge in [0, 0.05) is 0 Å². The predicted octanol–water partition coefficient (Wildman–Crippen LogP) is 1.87. The summed E-state index contributed by atoms with van der Waals surface area (Å²) in [7, 11) is 0. The van der Waals surface area contributed by atoms with Gasteiger partial charge in [-0.3, -0.25) is 4.79 Å². The first kappa shape index (κ1) is 11.1. The van der Waals surface area contributed by atoms with Crippen LogP contribution in [0.25, 0.3) is 0 Å². The third kappa shape index (κ3) is 2.42. The van der Waals surface area contributed by atoms with Crippen LogP contribution in [-0.4, -0.2) is 18.1 Å². The summed E-state index contributed by atoms with van der Waals surface area (Å²) in [6, 6.07) is 9.75. The third-order valence-electron chi connectivity index (χ3n) is 3.03. The van der Waals surface area contributed by atoms with Gasteiger partial charge < -0.3 is 10.1 Å². The van der Waals surface area contributed by atoms with Crippen molar-refractivity contribution in [3.8, 4) is 0 Å². The quantitative estimate of drug-likeness (QED) is 0.789. The molecule has 3 heteroatoms. The Balaban J connectivity index is 1.89. The smallest absolute Gasteiger partial charge is 0.326 e. The lowest BCUT2D eigenvalue weighted by atomic mass is 10.0. The summed E-state index contributed by atoms with van der Waals surface area (Å²) in [5.74, 6) is -0.145. The number of ether oxygens (including phenoxy) is 1. The van der Waals surface area contributed by atoms with Crippen LogP contribution in [-0.2, 0) is 16.1 Å². The second kappa shape index (κ2) is 4.66. The van der Waals surface area contributed by atoms with E-state index < -0.39 is 5.54 Å². The average Bonchev–Trinajstić information content (AvgIpc) is 2.76. The summed E-state index contributed by atoms with van der Waals surface area (Å²) in [5, 5.41) is 3.19. The number of benzene rings is 1. The molecule has 0 aliphatic carbocycles. The summed E-state index contributed by atoms with van der Waals surface area (Å²) in [4.78, 5) is 11.9. The highest BCUT2D eigenvalue weighted by molar-refractivity contribution is 5.80. The Hall–Kier alpha value is -1.35. The number of carbonyl (C=O) groups is 1. The van der Waals surface area contributed by atoms with E-state index in [-0.39, 0.29) is 5.97 Å². The van der Waals surface area contributed by atoms with E-state index in [1.54, 1.807) is 0 Å². The summed E-state index contributed by atoms with van der Waals surface area (Å²) in [6.45, 7) is 3.17. The van der Waals surface area contributed by atoms with Crippen LogP contribution < -0.4 is 5.32 Å². The Morgan fingerprint density at radius 1 is 1.44 bits per heavy atom. The van der Waals surface area contributed by atoms with E-state index in [0.29, 0.717) is 6.61 Å². The van der Waals surface area contributed by atoms with Crippen LogP contribution in [0.15, 0.2) is 30.3 Å². The van der Waals surface area contributed by atoms with Crippen LogP contribution in [0.2, 0.25) is 0 Å². The number of esters is 1. The minimum Gasteiger partial charge on any atom is -0.459 e. The first-order valence-corrected chi connectivity index (χ1v) is 5.67. The zero-order chi connectivity index (χ0) is 11.4. The Morgan fingerprint density at radius 2 is 2.19 bits per heavy atom. The van der Waals surface area contributed by atoms with E-state index in [9.17, 15) is 4.79 Å². The van der Waals surface area contributed by atoms with Crippen LogP contribution in [0.4, 0.5) is 0 Å². The van der Waals surface area contributed by atoms with Gasteiger partial charge in [-0.05, 0) is 31.9 Å². The first-order chi connectivity index (χ1) is 7.71. The van der Waals surface area contributed by atoms with Gasteiger partial charge in [-0.25, -0.2) is 0 Å². The van der Waals surface area contributed by atoms with Crippen LogP contribution in [0.3, 0.4) is 0 Å². The van der Waals surface area contributed by atoms with Gasteiger partial charge in [-0.2, -0.15) is 0 Å². The molecule has 0 spiro atoms. The molecular formula is C13H17NO2. The van der Waals surface area contributed by atoms with Gasteiger partial charge in [0.15, 0.2) is 0 Å². The number of nitrogens with one attached hydrogen (secondary N) is 1. The number of rotatable bonds is 3. The summed E-state index contributed by atoms with van der Waals surface area (Å²) >= 11 is 0. The van der Waals surface area contributed by atoms with Crippen molar-refractivity contribution < 1.29 is 9.53 Å². The SMILES string of the molecule is CC1(C(=O)OCc2ccccc2)CCCN1. The lowest BCUT2D eigenvalue weighted by molar-refractivity contribution is -0.151. The van der Waals surface area contributed by atoms with Crippen LogP contribution in [0, 0.1) is 0 Å². The molecule has 1 aliphatic rings. The molecule has 0 radical (unpaired) electrons. The fraction of sp³-hybridized carbons (Fsp3) is 0.462. The van der Waals surface area contributed by atoms with E-state index in [1.165, 1.54) is 0 Å². The number of carbonyl (C=O) groups excluding carboxylic acids is 1. The maximum Gasteiger partial charge on any atom is 0.326 e. The molecule has 16 heavy (non-hydrogen) atoms. The standard InChI is InChI=1S/C13H17NO2/c1-13(8-5-9-14-13)12(15)16-10-11-6-3-2-4-7-11/h2-4,6-7,14H,5,8-10H2,1H3. The Bertz CT molecular complexity index is 355. The maximum absolute atomic E-state index is 11.9. The molecule has 1 saturated heterocycles. The average molecular weight is 219 g/mol. The highest BCUT2D eigenvalue weighted by Gasteiger charge is 2.37. The van der Waals surface area contributed by atoms with E-state index in [1.807, 2.05) is 37.3 Å². The molecule has 0 saturated carbocycles. The third-order valence-corrected chi connectivity index (χ3v) is 3.03. The lowest BCUT2D eigenvalue weighted by Crippen LogP contribution is -2.45. The Morgan fingerprint density at radius 3 is 2.81 bits per heavy atom. The minimum atomic E-state index is -0.477. The van der Waals surface area contributed by atoms with Gasteiger partial charge in [0.05, 0.1) is 0 Å². The van der Waals surface area contributed by atoms with Gasteiger partial charge in [-0.15, -0.1) is 0 Å². The van der Waals surface area contributed by atoms with Crippen LogP contribution >= 0.6 is 0 Å². The van der Waals surface area contributed by atoms with E-state index in [2.05, 4.69) is 5.32 Å². The van der Waals surface area contributed by atoms with Crippen molar-refractivity contribution in [2.45, 2.75) is 31.9 Å². The largest absolute Gasteiger partial charge is 0.459 e. The second-order valence-corrected chi connectivity index (χ2v) is 4.42. The summed E-state index contributed by atoms with van der Waals surface area (Å²) in [5.41, 5.74) is 0.548. The molecule has 1 aliphatic heterocycles. The van der Waals surface area contributed by atoms with Crippen molar-refractivity contribution in [3.63, 3.8) is 0 Å². The van der Waals surface area contributed by atoms with Crippen LogP contribution in [0.5, 0.6) is 0 Å². The molecule has 1 unspecified atom stereocenters. The summed E-state index contributed by atoms with van der Waals surface area (Å²) < 4.78 is 5.31. The molecule has 86 valence electrons. The van der Waals surface area contributed by atoms with Gasteiger partial charge in [-0.1, -0.05) is 30.3 Å². The Kier molecular flexibility index (Phi) is 3.25. The zero-order valence-electron chi connectivity index (χ0n) is 9.53. The summed E-state index contributed by atoms with van der Waals surface area (Å²) in [6.07, 6.45) is 1.90. The molecule has 1 fully saturated rings. The minimum absolute atomic E-state index is 0.145. The molecule has 0 bridgehead atoms. The highest BCUT2D eigenvalue weighted by Crippen LogP contribution is 2.20. The molecule has 1 atom stereocenters. The fourth-order valence-electron chi connectivity index (χ4n) is 1.95. The number of hydrogen-bond donors (Lipinski definition) is 1.